The highest BCUT2D eigenvalue weighted by molar-refractivity contribution is 8.00. The van der Waals surface area contributed by atoms with Crippen LogP contribution in [-0.4, -0.2) is 59.7 Å². The maximum absolute atomic E-state index is 14.2. The number of carbonyl (C=O) groups is 3. The lowest BCUT2D eigenvalue weighted by Gasteiger charge is -2.28. The molecule has 1 aliphatic rings. The van der Waals surface area contributed by atoms with Crippen LogP contribution >= 0.6 is 23.5 Å². The average Bonchev–Trinajstić information content (AvgIpc) is 3.60. The van der Waals surface area contributed by atoms with E-state index in [9.17, 15) is 14.4 Å². The number of hydrogen-bond donors (Lipinski definition) is 5. The zero-order valence-electron chi connectivity index (χ0n) is 28.0. The molecule has 0 saturated heterocycles. The van der Waals surface area contributed by atoms with Crippen LogP contribution in [0.5, 0.6) is 0 Å². The van der Waals surface area contributed by atoms with E-state index in [0.717, 1.165) is 43.5 Å². The summed E-state index contributed by atoms with van der Waals surface area (Å²) in [7, 11) is 0. The van der Waals surface area contributed by atoms with E-state index in [1.807, 2.05) is 92.9 Å². The van der Waals surface area contributed by atoms with E-state index in [-0.39, 0.29) is 37.4 Å². The molecule has 5 N–H and O–H groups in total. The number of rotatable bonds is 14. The van der Waals surface area contributed by atoms with E-state index < -0.39 is 11.6 Å². The van der Waals surface area contributed by atoms with E-state index in [2.05, 4.69) is 27.3 Å². The third-order valence-corrected chi connectivity index (χ3v) is 10.0. The number of nitrogens with zero attached hydrogens (tertiary/aromatic N) is 1. The maximum Gasteiger partial charge on any atom is 0.315 e. The maximum atomic E-state index is 14.2. The first-order valence-corrected chi connectivity index (χ1v) is 18.4. The average molecular weight is 702 g/mol. The van der Waals surface area contributed by atoms with Crippen molar-refractivity contribution in [1.29, 1.82) is 0 Å². The molecule has 0 radical (unpaired) electrons. The van der Waals surface area contributed by atoms with Crippen LogP contribution in [0.25, 0.3) is 11.1 Å². The van der Waals surface area contributed by atoms with Crippen LogP contribution in [0.2, 0.25) is 0 Å². The molecule has 0 spiro atoms. The Bertz CT molecular complexity index is 1730. The second-order valence-corrected chi connectivity index (χ2v) is 14.3. The van der Waals surface area contributed by atoms with Gasteiger partial charge in [0, 0.05) is 40.6 Å². The second kappa shape index (κ2) is 16.9. The largest absolute Gasteiger partial charge is 0.468 e. The van der Waals surface area contributed by atoms with Crippen molar-refractivity contribution in [3.63, 3.8) is 0 Å². The Kier molecular flexibility index (Phi) is 12.5. The number of thioether (sulfide) groups is 2. The van der Waals surface area contributed by atoms with Crippen molar-refractivity contribution in [2.75, 3.05) is 30.1 Å². The zero-order valence-corrected chi connectivity index (χ0v) is 29.6. The molecule has 12 heteroatoms. The monoisotopic (exact) mass is 701 g/mol. The zero-order chi connectivity index (χ0) is 34.8. The lowest BCUT2D eigenvalue weighted by Crippen LogP contribution is -2.51. The predicted molar refractivity (Wildman–Crippen MR) is 196 cm³/mol. The Morgan fingerprint density at radius 2 is 1.82 bits per heavy atom. The lowest BCUT2D eigenvalue weighted by atomic mass is 9.98. The summed E-state index contributed by atoms with van der Waals surface area (Å²) in [6, 6.07) is 24.7. The van der Waals surface area contributed by atoms with Crippen molar-refractivity contribution in [3.8, 4) is 11.1 Å². The third-order valence-electron chi connectivity index (χ3n) is 8.15. The molecule has 1 aliphatic heterocycles. The molecule has 3 aromatic carbocycles. The van der Waals surface area contributed by atoms with Crippen LogP contribution in [0.3, 0.4) is 0 Å². The third kappa shape index (κ3) is 9.91. The van der Waals surface area contributed by atoms with Gasteiger partial charge >= 0.3 is 6.03 Å². The summed E-state index contributed by atoms with van der Waals surface area (Å²) in [5.74, 6) is 0.858. The van der Waals surface area contributed by atoms with Gasteiger partial charge in [-0.25, -0.2) is 4.79 Å². The Hall–Kier alpha value is -4.23. The van der Waals surface area contributed by atoms with Crippen LogP contribution < -0.4 is 26.2 Å². The Balaban J connectivity index is 1.31. The van der Waals surface area contributed by atoms with Gasteiger partial charge in [0.2, 0.25) is 5.91 Å². The number of aliphatic hydroxyl groups excluding tert-OH is 1. The van der Waals surface area contributed by atoms with Gasteiger partial charge in [-0.3, -0.25) is 9.59 Å². The van der Waals surface area contributed by atoms with Gasteiger partial charge in [0.15, 0.2) is 0 Å². The number of amides is 4. The molecule has 2 heterocycles. The number of nitrogens with one attached hydrogen (secondary N) is 4. The standard InChI is InChI=1S/C37H43N5O5S2/c1-37(2,40-22-28-8-6-18-47-28)20-34(44)41-31-24-49-33-19-29(48-3)14-15-32(33)42(35(31)45)23-25-10-12-26(13-11-25)30-9-5-4-7-27(30)21-39-36(46)38-16-17-43/h4-15,18-19,31,40,43H,16-17,20-24H2,1-3H3,(H,41,44)(H2,38,39,46)/t31-/m1/s1. The Morgan fingerprint density at radius 3 is 2.55 bits per heavy atom. The van der Waals surface area contributed by atoms with Gasteiger partial charge in [-0.05, 0) is 72.7 Å². The summed E-state index contributed by atoms with van der Waals surface area (Å²) in [6.45, 7) is 5.14. The summed E-state index contributed by atoms with van der Waals surface area (Å²) in [5.41, 5.74) is 4.16. The lowest BCUT2D eigenvalue weighted by molar-refractivity contribution is -0.127. The fraction of sp³-hybridized carbons (Fsp3) is 0.324. The van der Waals surface area contributed by atoms with Gasteiger partial charge in [-0.2, -0.15) is 0 Å². The molecule has 1 atom stereocenters. The van der Waals surface area contributed by atoms with Crippen molar-refractivity contribution in [2.24, 2.45) is 0 Å². The molecular weight excluding hydrogens is 659 g/mol. The van der Waals surface area contributed by atoms with Gasteiger partial charge < -0.3 is 35.7 Å². The first-order valence-electron chi connectivity index (χ1n) is 16.1. The van der Waals surface area contributed by atoms with Crippen LogP contribution in [0.4, 0.5) is 10.5 Å². The number of hydrogen-bond acceptors (Lipinski definition) is 8. The van der Waals surface area contributed by atoms with Gasteiger partial charge in [0.05, 0.1) is 31.6 Å². The minimum Gasteiger partial charge on any atom is -0.468 e. The van der Waals surface area contributed by atoms with Crippen LogP contribution in [0, 0.1) is 0 Å². The van der Waals surface area contributed by atoms with Crippen LogP contribution in [0.1, 0.15) is 37.2 Å². The Morgan fingerprint density at radius 1 is 1.02 bits per heavy atom. The molecule has 5 rings (SSSR count). The Labute approximate surface area is 295 Å². The highest BCUT2D eigenvalue weighted by atomic mass is 32.2. The molecule has 0 fully saturated rings. The quantitative estimate of drug-likeness (QED) is 0.108. The number of benzene rings is 3. The number of carbonyl (C=O) groups excluding carboxylic acids is 3. The summed E-state index contributed by atoms with van der Waals surface area (Å²) < 4.78 is 5.41. The fourth-order valence-electron chi connectivity index (χ4n) is 5.56. The topological polar surface area (TPSA) is 136 Å². The summed E-state index contributed by atoms with van der Waals surface area (Å²) in [4.78, 5) is 43.4. The molecule has 0 unspecified atom stereocenters. The molecule has 0 saturated carbocycles. The van der Waals surface area contributed by atoms with Crippen LogP contribution in [-0.2, 0) is 29.2 Å². The van der Waals surface area contributed by atoms with Crippen molar-refractivity contribution < 1.29 is 23.9 Å². The number of anilines is 1. The first-order chi connectivity index (χ1) is 23.7. The van der Waals surface area contributed by atoms with E-state index in [1.54, 1.807) is 34.7 Å². The number of aliphatic hydroxyl groups is 1. The number of urea groups is 1. The number of fused-ring (bicyclic) bond motifs is 1. The second-order valence-electron chi connectivity index (χ2n) is 12.4. The van der Waals surface area contributed by atoms with Crippen molar-refractivity contribution in [3.05, 3.63) is 102 Å². The van der Waals surface area contributed by atoms with Gasteiger partial charge in [0.1, 0.15) is 11.8 Å². The van der Waals surface area contributed by atoms with Gasteiger partial charge in [-0.15, -0.1) is 23.5 Å². The predicted octanol–water partition coefficient (Wildman–Crippen LogP) is 5.54. The van der Waals surface area contributed by atoms with Crippen molar-refractivity contribution in [2.45, 2.75) is 61.3 Å². The molecule has 4 amide bonds. The summed E-state index contributed by atoms with van der Waals surface area (Å²) >= 11 is 3.23. The molecule has 1 aromatic heterocycles. The fourth-order valence-corrected chi connectivity index (χ4v) is 7.19. The van der Waals surface area contributed by atoms with Crippen molar-refractivity contribution >= 4 is 47.1 Å². The smallest absolute Gasteiger partial charge is 0.315 e. The molecule has 4 aromatic rings. The van der Waals surface area contributed by atoms with Crippen molar-refractivity contribution in [1.82, 2.24) is 21.3 Å². The minimum atomic E-state index is -0.697. The van der Waals surface area contributed by atoms with E-state index >= 15 is 0 Å². The van der Waals surface area contributed by atoms with E-state index in [0.29, 0.717) is 25.4 Å². The highest BCUT2D eigenvalue weighted by Gasteiger charge is 2.33. The molecule has 0 bridgehead atoms. The van der Waals surface area contributed by atoms with Crippen LogP contribution in [0.15, 0.2) is 99.3 Å². The van der Waals surface area contributed by atoms with E-state index in [1.165, 1.54) is 0 Å². The molecule has 10 nitrogen and oxygen atoms in total. The molecule has 0 aliphatic carbocycles. The summed E-state index contributed by atoms with van der Waals surface area (Å²) in [5, 5.41) is 20.8. The first kappa shape index (κ1) is 36.1. The SMILES string of the molecule is CSc1ccc2c(c1)SC[C@@H](NC(=O)CC(C)(C)NCc1ccco1)C(=O)N2Cc1ccc(-c2ccccc2CNC(=O)NCCO)cc1. The number of furan rings is 1. The summed E-state index contributed by atoms with van der Waals surface area (Å²) in [6.07, 6.45) is 3.84. The normalized spacial score (nSPS) is 14.6. The molecule has 258 valence electrons. The van der Waals surface area contributed by atoms with Gasteiger partial charge in [-0.1, -0.05) is 48.5 Å². The minimum absolute atomic E-state index is 0.123. The van der Waals surface area contributed by atoms with E-state index in [4.69, 9.17) is 9.52 Å². The highest BCUT2D eigenvalue weighted by Crippen LogP contribution is 2.38. The molecular formula is C37H43N5O5S2. The molecule has 49 heavy (non-hydrogen) atoms. The van der Waals surface area contributed by atoms with Gasteiger partial charge in [0.25, 0.3) is 5.91 Å².